The summed E-state index contributed by atoms with van der Waals surface area (Å²) in [7, 11) is 0. The normalized spacial score (nSPS) is 10.3. The minimum Gasteiger partial charge on any atom is -0.504 e. The van der Waals surface area contributed by atoms with Crippen LogP contribution in [0.5, 0.6) is 5.75 Å². The largest absolute Gasteiger partial charge is 0.504 e. The fourth-order valence-electron chi connectivity index (χ4n) is 1.34. The summed E-state index contributed by atoms with van der Waals surface area (Å²) in [5, 5.41) is 21.8. The lowest BCUT2D eigenvalue weighted by molar-refractivity contribution is 0.0683. The lowest BCUT2D eigenvalue weighted by Crippen LogP contribution is -2.08. The Labute approximate surface area is 89.4 Å². The van der Waals surface area contributed by atoms with Gasteiger partial charge in [0.05, 0.1) is 11.9 Å². The van der Waals surface area contributed by atoms with E-state index in [0.717, 1.165) is 16.9 Å². The van der Waals surface area contributed by atoms with Crippen molar-refractivity contribution in [3.63, 3.8) is 0 Å². The van der Waals surface area contributed by atoms with Gasteiger partial charge in [-0.1, -0.05) is 6.07 Å². The fraction of sp³-hybridized carbons (Fsp3) is 0. The number of benzene rings is 1. The Morgan fingerprint density at radius 3 is 2.81 bits per heavy atom. The van der Waals surface area contributed by atoms with E-state index < -0.39 is 23.2 Å². The second kappa shape index (κ2) is 3.65. The molecule has 0 radical (unpaired) electrons. The highest BCUT2D eigenvalue weighted by molar-refractivity contribution is 5.89. The molecule has 0 aliphatic carbocycles. The predicted octanol–water partition coefficient (Wildman–Crippen LogP) is 1.42. The minimum atomic E-state index is -1.33. The van der Waals surface area contributed by atoms with E-state index in [9.17, 15) is 14.3 Å². The molecule has 0 saturated carbocycles. The first kappa shape index (κ1) is 10.2. The highest BCUT2D eigenvalue weighted by Gasteiger charge is 2.18. The predicted molar refractivity (Wildman–Crippen MR) is 52.1 cm³/mol. The second-order valence-electron chi connectivity index (χ2n) is 3.08. The third-order valence-corrected chi connectivity index (χ3v) is 2.01. The van der Waals surface area contributed by atoms with E-state index in [0.29, 0.717) is 0 Å². The molecule has 1 aromatic heterocycles. The van der Waals surface area contributed by atoms with Crippen molar-refractivity contribution in [1.82, 2.24) is 9.78 Å². The fourth-order valence-corrected chi connectivity index (χ4v) is 1.34. The SMILES string of the molecule is O=C(O)c1c(O)cnn1-c1cccc(F)c1. The lowest BCUT2D eigenvalue weighted by Gasteiger charge is -2.03. The van der Waals surface area contributed by atoms with Gasteiger partial charge < -0.3 is 10.2 Å². The zero-order valence-corrected chi connectivity index (χ0v) is 7.96. The minimum absolute atomic E-state index is 0.234. The average molecular weight is 222 g/mol. The van der Waals surface area contributed by atoms with Gasteiger partial charge in [-0.3, -0.25) is 0 Å². The maximum atomic E-state index is 12.9. The third-order valence-electron chi connectivity index (χ3n) is 2.01. The number of aromatic carboxylic acids is 1. The van der Waals surface area contributed by atoms with Crippen molar-refractivity contribution in [3.8, 4) is 11.4 Å². The van der Waals surface area contributed by atoms with Gasteiger partial charge in [-0.15, -0.1) is 0 Å². The summed E-state index contributed by atoms with van der Waals surface area (Å²) in [6, 6.07) is 5.27. The highest BCUT2D eigenvalue weighted by Crippen LogP contribution is 2.20. The van der Waals surface area contributed by atoms with Gasteiger partial charge in [0.15, 0.2) is 11.4 Å². The molecule has 0 amide bonds. The van der Waals surface area contributed by atoms with Gasteiger partial charge in [-0.2, -0.15) is 5.10 Å². The monoisotopic (exact) mass is 222 g/mol. The maximum absolute atomic E-state index is 12.9. The van der Waals surface area contributed by atoms with E-state index in [1.807, 2.05) is 0 Å². The topological polar surface area (TPSA) is 75.3 Å². The van der Waals surface area contributed by atoms with Crippen LogP contribution < -0.4 is 0 Å². The molecule has 1 aromatic carbocycles. The Morgan fingerprint density at radius 2 is 2.19 bits per heavy atom. The number of aromatic nitrogens is 2. The quantitative estimate of drug-likeness (QED) is 0.805. The summed E-state index contributed by atoms with van der Waals surface area (Å²) in [5.41, 5.74) is -0.164. The summed E-state index contributed by atoms with van der Waals surface area (Å²) in [6.45, 7) is 0. The number of carbonyl (C=O) groups is 1. The Balaban J connectivity index is 2.60. The number of halogens is 1. The summed E-state index contributed by atoms with van der Waals surface area (Å²) < 4.78 is 13.9. The van der Waals surface area contributed by atoms with E-state index >= 15 is 0 Å². The van der Waals surface area contributed by atoms with E-state index in [1.165, 1.54) is 18.2 Å². The smallest absolute Gasteiger partial charge is 0.358 e. The molecular formula is C10H7FN2O3. The summed E-state index contributed by atoms with van der Waals surface area (Å²) in [4.78, 5) is 10.8. The number of hydrogen-bond acceptors (Lipinski definition) is 3. The van der Waals surface area contributed by atoms with Crippen molar-refractivity contribution < 1.29 is 19.4 Å². The van der Waals surface area contributed by atoms with Crippen molar-refractivity contribution >= 4 is 5.97 Å². The van der Waals surface area contributed by atoms with E-state index in [-0.39, 0.29) is 5.69 Å². The summed E-state index contributed by atoms with van der Waals surface area (Å²) in [6.07, 6.45) is 0.994. The zero-order chi connectivity index (χ0) is 11.7. The van der Waals surface area contributed by atoms with Gasteiger partial charge in [-0.25, -0.2) is 13.9 Å². The maximum Gasteiger partial charge on any atom is 0.358 e. The molecule has 0 bridgehead atoms. The first-order valence-corrected chi connectivity index (χ1v) is 4.36. The number of hydrogen-bond donors (Lipinski definition) is 2. The van der Waals surface area contributed by atoms with Crippen LogP contribution in [0.2, 0.25) is 0 Å². The van der Waals surface area contributed by atoms with E-state index in [2.05, 4.69) is 5.10 Å². The molecule has 0 spiro atoms. The number of aromatic hydroxyl groups is 1. The van der Waals surface area contributed by atoms with Crippen LogP contribution in [0.4, 0.5) is 4.39 Å². The van der Waals surface area contributed by atoms with Crippen LogP contribution >= 0.6 is 0 Å². The van der Waals surface area contributed by atoms with Gasteiger partial charge in [-0.05, 0) is 18.2 Å². The van der Waals surface area contributed by atoms with Crippen LogP contribution in [0.15, 0.2) is 30.5 Å². The van der Waals surface area contributed by atoms with Gasteiger partial charge in [0, 0.05) is 0 Å². The molecule has 0 saturated heterocycles. The van der Waals surface area contributed by atoms with Gasteiger partial charge in [0.1, 0.15) is 5.82 Å². The molecule has 5 nitrogen and oxygen atoms in total. The number of carboxylic acid groups (broad SMARTS) is 1. The number of nitrogens with zero attached hydrogens (tertiary/aromatic N) is 2. The van der Waals surface area contributed by atoms with Crippen LogP contribution in [-0.2, 0) is 0 Å². The standard InChI is InChI=1S/C10H7FN2O3/c11-6-2-1-3-7(4-6)13-9(10(15)16)8(14)5-12-13/h1-5,14H,(H,15,16). The zero-order valence-electron chi connectivity index (χ0n) is 7.96. The van der Waals surface area contributed by atoms with Crippen LogP contribution in [0.3, 0.4) is 0 Å². The molecule has 0 aliphatic heterocycles. The summed E-state index contributed by atoms with van der Waals surface area (Å²) in [5.74, 6) is -2.31. The van der Waals surface area contributed by atoms with Crippen LogP contribution in [0.1, 0.15) is 10.5 Å². The van der Waals surface area contributed by atoms with Crippen molar-refractivity contribution in [2.75, 3.05) is 0 Å². The van der Waals surface area contributed by atoms with E-state index in [1.54, 1.807) is 0 Å². The highest BCUT2D eigenvalue weighted by atomic mass is 19.1. The molecule has 16 heavy (non-hydrogen) atoms. The van der Waals surface area contributed by atoms with Crippen molar-refractivity contribution in [3.05, 3.63) is 42.0 Å². The van der Waals surface area contributed by atoms with Crippen LogP contribution in [0.25, 0.3) is 5.69 Å². The molecule has 0 aliphatic rings. The first-order valence-electron chi connectivity index (χ1n) is 4.36. The molecular weight excluding hydrogens is 215 g/mol. The number of carboxylic acids is 1. The lowest BCUT2D eigenvalue weighted by atomic mass is 10.3. The van der Waals surface area contributed by atoms with Crippen molar-refractivity contribution in [1.29, 1.82) is 0 Å². The van der Waals surface area contributed by atoms with Gasteiger partial charge in [0.25, 0.3) is 0 Å². The molecule has 1 heterocycles. The van der Waals surface area contributed by atoms with Crippen LogP contribution in [-0.4, -0.2) is 26.0 Å². The Bertz CT molecular complexity index is 551. The first-order chi connectivity index (χ1) is 7.59. The van der Waals surface area contributed by atoms with Crippen LogP contribution in [0, 0.1) is 5.82 Å². The second-order valence-corrected chi connectivity index (χ2v) is 3.08. The Hall–Kier alpha value is -2.37. The Kier molecular flexibility index (Phi) is 2.32. The van der Waals surface area contributed by atoms with Crippen molar-refractivity contribution in [2.24, 2.45) is 0 Å². The molecule has 0 unspecified atom stereocenters. The summed E-state index contributed by atoms with van der Waals surface area (Å²) >= 11 is 0. The molecule has 2 rings (SSSR count). The third kappa shape index (κ3) is 1.60. The molecule has 82 valence electrons. The number of rotatable bonds is 2. The molecule has 0 atom stereocenters. The Morgan fingerprint density at radius 1 is 1.44 bits per heavy atom. The molecule has 6 heteroatoms. The molecule has 0 fully saturated rings. The molecule has 2 aromatic rings. The van der Waals surface area contributed by atoms with Gasteiger partial charge in [0.2, 0.25) is 0 Å². The van der Waals surface area contributed by atoms with Gasteiger partial charge >= 0.3 is 5.97 Å². The van der Waals surface area contributed by atoms with E-state index in [4.69, 9.17) is 5.11 Å². The average Bonchev–Trinajstić information content (AvgIpc) is 2.60. The van der Waals surface area contributed by atoms with Crippen molar-refractivity contribution in [2.45, 2.75) is 0 Å². The molecule has 2 N–H and O–H groups in total.